The minimum atomic E-state index is 0.154. The summed E-state index contributed by atoms with van der Waals surface area (Å²) in [6.45, 7) is 0.845. The molecule has 1 atom stereocenters. The van der Waals surface area contributed by atoms with Crippen LogP contribution in [0.3, 0.4) is 0 Å². The lowest BCUT2D eigenvalue weighted by atomic mass is 9.98. The van der Waals surface area contributed by atoms with E-state index in [4.69, 9.17) is 11.6 Å². The Hall–Kier alpha value is -1.06. The topological polar surface area (TPSA) is 55.3 Å². The monoisotopic (exact) mass is 163 g/mol. The number of hydrazine groups is 1. The van der Waals surface area contributed by atoms with E-state index in [2.05, 4.69) is 0 Å². The maximum absolute atomic E-state index is 5.93. The van der Waals surface area contributed by atoms with Gasteiger partial charge in [-0.3, -0.25) is 0 Å². The highest BCUT2D eigenvalue weighted by Crippen LogP contribution is 2.29. The average molecular weight is 163 g/mol. The number of nitrogens with zero attached hydrogens (tertiary/aromatic N) is 1. The van der Waals surface area contributed by atoms with Crippen molar-refractivity contribution in [1.29, 1.82) is 0 Å². The number of fused-ring (bicyclic) bond motifs is 1. The highest BCUT2D eigenvalue weighted by molar-refractivity contribution is 5.55. The molecule has 0 radical (unpaired) electrons. The van der Waals surface area contributed by atoms with E-state index in [1.807, 2.05) is 24.3 Å². The fourth-order valence-electron chi connectivity index (χ4n) is 1.62. The molecular formula is C9H13N3. The molecule has 0 aromatic heterocycles. The van der Waals surface area contributed by atoms with Crippen molar-refractivity contribution in [3.05, 3.63) is 29.8 Å². The molecule has 4 N–H and O–H groups in total. The van der Waals surface area contributed by atoms with E-state index in [9.17, 15) is 0 Å². The second kappa shape index (κ2) is 2.77. The summed E-state index contributed by atoms with van der Waals surface area (Å²) in [5.74, 6) is 5.79. The lowest BCUT2D eigenvalue weighted by Gasteiger charge is -2.30. The first-order valence-corrected chi connectivity index (χ1v) is 4.16. The van der Waals surface area contributed by atoms with Crippen molar-refractivity contribution < 1.29 is 0 Å². The first-order valence-electron chi connectivity index (χ1n) is 4.16. The number of hydrogen-bond acceptors (Lipinski definition) is 3. The van der Waals surface area contributed by atoms with Crippen LogP contribution in [-0.4, -0.2) is 6.54 Å². The molecule has 0 saturated heterocycles. The van der Waals surface area contributed by atoms with E-state index in [0.29, 0.717) is 0 Å². The highest BCUT2D eigenvalue weighted by atomic mass is 15.4. The van der Waals surface area contributed by atoms with Crippen molar-refractivity contribution in [2.75, 3.05) is 11.6 Å². The molecule has 3 heteroatoms. The van der Waals surface area contributed by atoms with E-state index in [1.165, 1.54) is 0 Å². The van der Waals surface area contributed by atoms with Gasteiger partial charge >= 0.3 is 0 Å². The van der Waals surface area contributed by atoms with Crippen LogP contribution in [0.4, 0.5) is 5.69 Å². The summed E-state index contributed by atoms with van der Waals surface area (Å²) >= 11 is 0. The Morgan fingerprint density at radius 1 is 1.33 bits per heavy atom. The fraction of sp³-hybridized carbons (Fsp3) is 0.333. The van der Waals surface area contributed by atoms with Gasteiger partial charge in [-0.2, -0.15) is 0 Å². The van der Waals surface area contributed by atoms with Gasteiger partial charge in [-0.05, 0) is 18.1 Å². The molecule has 1 aromatic carbocycles. The number of rotatable bonds is 0. The first kappa shape index (κ1) is 7.58. The maximum Gasteiger partial charge on any atom is 0.0564 e. The Labute approximate surface area is 71.9 Å². The molecule has 64 valence electrons. The molecule has 0 spiro atoms. The van der Waals surface area contributed by atoms with Gasteiger partial charge in [-0.15, -0.1) is 0 Å². The summed E-state index contributed by atoms with van der Waals surface area (Å²) in [5, 5.41) is 1.76. The molecule has 1 heterocycles. The summed E-state index contributed by atoms with van der Waals surface area (Å²) in [5.41, 5.74) is 8.15. The van der Waals surface area contributed by atoms with Crippen molar-refractivity contribution in [2.24, 2.45) is 11.6 Å². The SMILES string of the molecule is NC1CCN(N)c2ccccc21. The van der Waals surface area contributed by atoms with Crippen molar-refractivity contribution in [3.63, 3.8) is 0 Å². The van der Waals surface area contributed by atoms with Crippen molar-refractivity contribution in [3.8, 4) is 0 Å². The molecule has 1 aliphatic heterocycles. The van der Waals surface area contributed by atoms with Gasteiger partial charge in [0.2, 0.25) is 0 Å². The molecule has 2 rings (SSSR count). The summed E-state index contributed by atoms with van der Waals surface area (Å²) < 4.78 is 0. The van der Waals surface area contributed by atoms with Crippen LogP contribution < -0.4 is 16.6 Å². The molecule has 0 bridgehead atoms. The molecule has 0 aliphatic carbocycles. The van der Waals surface area contributed by atoms with Gasteiger partial charge in [0.1, 0.15) is 0 Å². The smallest absolute Gasteiger partial charge is 0.0564 e. The van der Waals surface area contributed by atoms with Crippen LogP contribution in [0.1, 0.15) is 18.0 Å². The Morgan fingerprint density at radius 3 is 2.83 bits per heavy atom. The van der Waals surface area contributed by atoms with E-state index >= 15 is 0 Å². The van der Waals surface area contributed by atoms with Crippen LogP contribution in [-0.2, 0) is 0 Å². The van der Waals surface area contributed by atoms with Gasteiger partial charge in [0.05, 0.1) is 5.69 Å². The van der Waals surface area contributed by atoms with Gasteiger partial charge in [0.15, 0.2) is 0 Å². The normalized spacial score (nSPS) is 22.2. The third-order valence-electron chi connectivity index (χ3n) is 2.33. The van der Waals surface area contributed by atoms with E-state index < -0.39 is 0 Å². The van der Waals surface area contributed by atoms with Crippen LogP contribution in [0.15, 0.2) is 24.3 Å². The third-order valence-corrected chi connectivity index (χ3v) is 2.33. The molecule has 0 fully saturated rings. The Balaban J connectivity index is 2.47. The Bertz CT molecular complexity index is 256. The number of anilines is 1. The minimum Gasteiger partial charge on any atom is -0.324 e. The molecule has 3 nitrogen and oxygen atoms in total. The number of nitrogens with two attached hydrogens (primary N) is 2. The molecule has 1 aliphatic rings. The summed E-state index contributed by atoms with van der Waals surface area (Å²) in [7, 11) is 0. The second-order valence-corrected chi connectivity index (χ2v) is 3.15. The van der Waals surface area contributed by atoms with Gasteiger partial charge in [-0.1, -0.05) is 18.2 Å². The number of hydrogen-bond donors (Lipinski definition) is 2. The lowest BCUT2D eigenvalue weighted by molar-refractivity contribution is 0.600. The van der Waals surface area contributed by atoms with Crippen LogP contribution in [0, 0.1) is 0 Å². The largest absolute Gasteiger partial charge is 0.324 e. The summed E-state index contributed by atoms with van der Waals surface area (Å²) in [6.07, 6.45) is 0.938. The van der Waals surface area contributed by atoms with Crippen LogP contribution in [0.25, 0.3) is 0 Å². The number of para-hydroxylation sites is 1. The van der Waals surface area contributed by atoms with Crippen molar-refractivity contribution in [1.82, 2.24) is 0 Å². The number of benzene rings is 1. The predicted molar refractivity (Wildman–Crippen MR) is 49.5 cm³/mol. The minimum absolute atomic E-state index is 0.154. The van der Waals surface area contributed by atoms with E-state index in [1.54, 1.807) is 5.01 Å². The lowest BCUT2D eigenvalue weighted by Crippen LogP contribution is -2.38. The average Bonchev–Trinajstić information content (AvgIpc) is 2.12. The summed E-state index contributed by atoms with van der Waals surface area (Å²) in [6, 6.07) is 8.18. The zero-order valence-electron chi connectivity index (χ0n) is 6.90. The Kier molecular flexibility index (Phi) is 1.75. The molecule has 1 aromatic rings. The molecule has 0 saturated carbocycles. The van der Waals surface area contributed by atoms with Crippen LogP contribution in [0.2, 0.25) is 0 Å². The highest BCUT2D eigenvalue weighted by Gasteiger charge is 2.19. The van der Waals surface area contributed by atoms with Gasteiger partial charge in [-0.25, -0.2) is 5.84 Å². The molecule has 1 unspecified atom stereocenters. The zero-order chi connectivity index (χ0) is 8.55. The summed E-state index contributed by atoms with van der Waals surface area (Å²) in [4.78, 5) is 0. The molecule has 0 amide bonds. The second-order valence-electron chi connectivity index (χ2n) is 3.15. The third kappa shape index (κ3) is 1.07. The predicted octanol–water partition coefficient (Wildman–Crippen LogP) is 0.770. The molecule has 12 heavy (non-hydrogen) atoms. The first-order chi connectivity index (χ1) is 5.79. The standard InChI is InChI=1S/C9H13N3/c10-8-5-6-12(11)9-4-2-1-3-7(8)9/h1-4,8H,5-6,10-11H2. The van der Waals surface area contributed by atoms with Crippen molar-refractivity contribution >= 4 is 5.69 Å². The van der Waals surface area contributed by atoms with E-state index in [0.717, 1.165) is 24.2 Å². The fourth-order valence-corrected chi connectivity index (χ4v) is 1.62. The Morgan fingerprint density at radius 2 is 2.08 bits per heavy atom. The van der Waals surface area contributed by atoms with Crippen LogP contribution >= 0.6 is 0 Å². The van der Waals surface area contributed by atoms with Gasteiger partial charge in [0.25, 0.3) is 0 Å². The van der Waals surface area contributed by atoms with Gasteiger partial charge < -0.3 is 10.7 Å². The maximum atomic E-state index is 5.93. The van der Waals surface area contributed by atoms with Crippen molar-refractivity contribution in [2.45, 2.75) is 12.5 Å². The van der Waals surface area contributed by atoms with Gasteiger partial charge in [0, 0.05) is 12.6 Å². The van der Waals surface area contributed by atoms with Crippen LogP contribution in [0.5, 0.6) is 0 Å². The van der Waals surface area contributed by atoms with E-state index in [-0.39, 0.29) is 6.04 Å². The molecular weight excluding hydrogens is 150 g/mol. The zero-order valence-corrected chi connectivity index (χ0v) is 6.90. The quantitative estimate of drug-likeness (QED) is 0.555.